The van der Waals surface area contributed by atoms with E-state index in [-0.39, 0.29) is 0 Å². The first-order chi connectivity index (χ1) is 3.15. The van der Waals surface area contributed by atoms with Gasteiger partial charge in [-0.15, -0.1) is 0 Å². The van der Waals surface area contributed by atoms with Gasteiger partial charge >= 0.3 is 6.16 Å². The molecule has 0 aliphatic carbocycles. The summed E-state index contributed by atoms with van der Waals surface area (Å²) in [5.41, 5.74) is 0. The van der Waals surface area contributed by atoms with Crippen LogP contribution in [-0.4, -0.2) is 23.3 Å². The second kappa shape index (κ2) is 8.93. The molecule has 0 bridgehead atoms. The fourth-order valence-electron chi connectivity index (χ4n) is 0. The van der Waals surface area contributed by atoms with Crippen molar-refractivity contribution < 1.29 is 23.8 Å². The Kier molecular flexibility index (Phi) is 12.1. The van der Waals surface area contributed by atoms with Gasteiger partial charge < -0.3 is 10.2 Å². The van der Waals surface area contributed by atoms with Gasteiger partial charge in [0.05, 0.1) is 0 Å². The number of halogens is 2. The normalized spacial score (nSPS) is 6.00. The van der Waals surface area contributed by atoms with Gasteiger partial charge in [0.2, 0.25) is 6.93 Å². The molecule has 0 aromatic rings. The third-order valence-corrected chi connectivity index (χ3v) is 0. The maximum atomic E-state index is 9.62. The molecule has 0 aromatic heterocycles. The molecule has 0 aliphatic heterocycles. The smallest absolute Gasteiger partial charge is 0.450 e. The third kappa shape index (κ3) is 66.4. The Labute approximate surface area is 38.2 Å². The van der Waals surface area contributed by atoms with E-state index in [1.54, 1.807) is 0 Å². The lowest BCUT2D eigenvalue weighted by Gasteiger charge is -1.60. The van der Waals surface area contributed by atoms with E-state index in [1.807, 2.05) is 0 Å². The van der Waals surface area contributed by atoms with Crippen molar-refractivity contribution >= 4 is 6.16 Å². The van der Waals surface area contributed by atoms with Crippen molar-refractivity contribution in [3.8, 4) is 0 Å². The molecule has 0 atom stereocenters. The van der Waals surface area contributed by atoms with Crippen LogP contribution >= 0.6 is 0 Å². The minimum absolute atomic E-state index is 1.75. The van der Waals surface area contributed by atoms with Crippen LogP contribution in [0.15, 0.2) is 0 Å². The van der Waals surface area contributed by atoms with Gasteiger partial charge in [0.1, 0.15) is 0 Å². The standard InChI is InChI=1S/CH2F2.CH2O3/c2-1-3;2-1(3)4/h1H2;(H2,2,3,4). The van der Waals surface area contributed by atoms with E-state index < -0.39 is 13.1 Å². The number of carboxylic acid groups (broad SMARTS) is 2. The highest BCUT2D eigenvalue weighted by atomic mass is 19.3. The van der Waals surface area contributed by atoms with Gasteiger partial charge in [-0.05, 0) is 0 Å². The van der Waals surface area contributed by atoms with Crippen LogP contribution in [0.3, 0.4) is 0 Å². The van der Waals surface area contributed by atoms with Crippen LogP contribution in [0.4, 0.5) is 13.6 Å². The molecule has 0 heterocycles. The summed E-state index contributed by atoms with van der Waals surface area (Å²) in [5, 5.41) is 13.9. The number of hydrogen-bond donors (Lipinski definition) is 2. The molecule has 0 fully saturated rings. The molecule has 7 heavy (non-hydrogen) atoms. The summed E-state index contributed by atoms with van der Waals surface area (Å²) in [7, 11) is 0. The molecule has 0 aliphatic rings. The van der Waals surface area contributed by atoms with Crippen molar-refractivity contribution in [1.29, 1.82) is 0 Å². The predicted molar refractivity (Wildman–Crippen MR) is 17.7 cm³/mol. The predicted octanol–water partition coefficient (Wildman–Crippen LogP) is 1.11. The maximum absolute atomic E-state index is 9.62. The highest BCUT2D eigenvalue weighted by Gasteiger charge is 1.70. The average molecular weight is 114 g/mol. The molecule has 0 saturated heterocycles. The van der Waals surface area contributed by atoms with Crippen molar-refractivity contribution in [2.24, 2.45) is 0 Å². The molecule has 0 amide bonds. The van der Waals surface area contributed by atoms with Crippen molar-refractivity contribution in [1.82, 2.24) is 0 Å². The van der Waals surface area contributed by atoms with Crippen LogP contribution < -0.4 is 0 Å². The van der Waals surface area contributed by atoms with Gasteiger partial charge in [0, 0.05) is 0 Å². The number of rotatable bonds is 0. The Bertz CT molecular complexity index is 42.2. The number of hydrogen-bond acceptors (Lipinski definition) is 1. The Morgan fingerprint density at radius 2 is 1.43 bits per heavy atom. The van der Waals surface area contributed by atoms with Crippen molar-refractivity contribution in [3.63, 3.8) is 0 Å². The lowest BCUT2D eigenvalue weighted by molar-refractivity contribution is 0.137. The molecule has 0 spiro atoms. The van der Waals surface area contributed by atoms with Gasteiger partial charge in [0.25, 0.3) is 0 Å². The van der Waals surface area contributed by atoms with Crippen molar-refractivity contribution in [2.45, 2.75) is 0 Å². The number of alkyl halides is 2. The lowest BCUT2D eigenvalue weighted by Crippen LogP contribution is -1.81. The second-order valence-corrected chi connectivity index (χ2v) is 0.384. The molecule has 0 rings (SSSR count). The van der Waals surface area contributed by atoms with Gasteiger partial charge in [-0.2, -0.15) is 0 Å². The Hall–Kier alpha value is -0.870. The van der Waals surface area contributed by atoms with E-state index in [0.29, 0.717) is 0 Å². The molecule has 0 unspecified atom stereocenters. The molecule has 0 radical (unpaired) electrons. The van der Waals surface area contributed by atoms with Crippen LogP contribution in [0.25, 0.3) is 0 Å². The van der Waals surface area contributed by atoms with E-state index >= 15 is 0 Å². The van der Waals surface area contributed by atoms with E-state index in [9.17, 15) is 8.78 Å². The fourth-order valence-corrected chi connectivity index (χ4v) is 0. The summed E-state index contributed by atoms with van der Waals surface area (Å²) in [6.07, 6.45) is -1.83. The minimum atomic E-state index is -1.83. The molecular formula is C2H4F2O3. The highest BCUT2D eigenvalue weighted by molar-refractivity contribution is 5.53. The second-order valence-electron chi connectivity index (χ2n) is 0.384. The van der Waals surface area contributed by atoms with Gasteiger partial charge in [-0.25, -0.2) is 13.6 Å². The highest BCUT2D eigenvalue weighted by Crippen LogP contribution is 1.56. The van der Waals surface area contributed by atoms with Crippen LogP contribution in [0.2, 0.25) is 0 Å². The SMILES string of the molecule is FCF.O=C(O)O. The van der Waals surface area contributed by atoms with Crippen LogP contribution in [0.1, 0.15) is 0 Å². The minimum Gasteiger partial charge on any atom is -0.450 e. The summed E-state index contributed by atoms with van der Waals surface area (Å²) in [6.45, 7) is -1.75. The van der Waals surface area contributed by atoms with E-state index in [2.05, 4.69) is 0 Å². The topological polar surface area (TPSA) is 57.5 Å². The third-order valence-electron chi connectivity index (χ3n) is 0. The van der Waals surface area contributed by atoms with Crippen LogP contribution in [-0.2, 0) is 0 Å². The lowest BCUT2D eigenvalue weighted by atomic mass is 11.5. The first kappa shape index (κ1) is 9.46. The quantitative estimate of drug-likeness (QED) is 0.495. The first-order valence-electron chi connectivity index (χ1n) is 1.19. The van der Waals surface area contributed by atoms with E-state index in [0.717, 1.165) is 0 Å². The average Bonchev–Trinajstić information content (AvgIpc) is 1.33. The fraction of sp³-hybridized carbons (Fsp3) is 0.500. The summed E-state index contributed by atoms with van der Waals surface area (Å²) < 4.78 is 19.2. The zero-order valence-corrected chi connectivity index (χ0v) is 3.27. The van der Waals surface area contributed by atoms with Gasteiger partial charge in [0.15, 0.2) is 0 Å². The molecular weight excluding hydrogens is 110 g/mol. The van der Waals surface area contributed by atoms with Gasteiger partial charge in [-0.1, -0.05) is 0 Å². The largest absolute Gasteiger partial charge is 0.503 e. The van der Waals surface area contributed by atoms with Gasteiger partial charge in [-0.3, -0.25) is 0 Å². The zero-order chi connectivity index (χ0) is 6.28. The summed E-state index contributed by atoms with van der Waals surface area (Å²) in [4.78, 5) is 8.56. The molecule has 44 valence electrons. The molecule has 2 N–H and O–H groups in total. The Balaban J connectivity index is 0. The molecule has 3 nitrogen and oxygen atoms in total. The summed E-state index contributed by atoms with van der Waals surface area (Å²) in [6, 6.07) is 0. The molecule has 0 aromatic carbocycles. The van der Waals surface area contributed by atoms with Crippen LogP contribution in [0.5, 0.6) is 0 Å². The molecule has 0 saturated carbocycles. The molecule has 5 heteroatoms. The Morgan fingerprint density at radius 1 is 1.43 bits per heavy atom. The number of carbonyl (C=O) groups is 1. The monoisotopic (exact) mass is 114 g/mol. The summed E-state index contributed by atoms with van der Waals surface area (Å²) in [5.74, 6) is 0. The first-order valence-corrected chi connectivity index (χ1v) is 1.19. The van der Waals surface area contributed by atoms with E-state index in [4.69, 9.17) is 15.0 Å². The zero-order valence-electron chi connectivity index (χ0n) is 3.27. The summed E-state index contributed by atoms with van der Waals surface area (Å²) >= 11 is 0. The van der Waals surface area contributed by atoms with E-state index in [1.165, 1.54) is 0 Å². The van der Waals surface area contributed by atoms with Crippen molar-refractivity contribution in [2.75, 3.05) is 6.93 Å². The van der Waals surface area contributed by atoms with Crippen LogP contribution in [0, 0.1) is 0 Å². The van der Waals surface area contributed by atoms with Crippen molar-refractivity contribution in [3.05, 3.63) is 0 Å². The maximum Gasteiger partial charge on any atom is 0.503 e. The Morgan fingerprint density at radius 3 is 1.43 bits per heavy atom.